The summed E-state index contributed by atoms with van der Waals surface area (Å²) in [7, 11) is 0. The highest BCUT2D eigenvalue weighted by Crippen LogP contribution is 2.05. The van der Waals surface area contributed by atoms with E-state index in [0.29, 0.717) is 18.2 Å². The highest BCUT2D eigenvalue weighted by molar-refractivity contribution is 5.85. The number of carbonyl (C=O) groups excluding carboxylic acids is 1. The van der Waals surface area contributed by atoms with Crippen LogP contribution in [0.3, 0.4) is 0 Å². The zero-order valence-electron chi connectivity index (χ0n) is 10.5. The van der Waals surface area contributed by atoms with Crippen molar-refractivity contribution in [1.29, 1.82) is 0 Å². The highest BCUT2D eigenvalue weighted by atomic mass is 16.5. The number of hydrogen-bond acceptors (Lipinski definition) is 3. The summed E-state index contributed by atoms with van der Waals surface area (Å²) in [5, 5.41) is 8.54. The smallest absolute Gasteiger partial charge is 0.328 e. The number of carboxylic acids is 1. The van der Waals surface area contributed by atoms with Gasteiger partial charge < -0.3 is 14.4 Å². The van der Waals surface area contributed by atoms with Crippen molar-refractivity contribution in [3.05, 3.63) is 30.1 Å². The zero-order valence-corrected chi connectivity index (χ0v) is 10.5. The Hall–Kier alpha value is -2.04. The number of aliphatic carboxylic acids is 1. The molecule has 0 fully saturated rings. The Balaban J connectivity index is 2.59. The summed E-state index contributed by atoms with van der Waals surface area (Å²) >= 11 is 0. The molecule has 1 aromatic heterocycles. The van der Waals surface area contributed by atoms with E-state index in [0.717, 1.165) is 6.08 Å². The third-order valence-electron chi connectivity index (χ3n) is 2.14. The van der Waals surface area contributed by atoms with Gasteiger partial charge in [-0.3, -0.25) is 4.79 Å². The van der Waals surface area contributed by atoms with Gasteiger partial charge in [0.1, 0.15) is 6.54 Å². The second kappa shape index (κ2) is 6.64. The van der Waals surface area contributed by atoms with Crippen LogP contribution in [0.4, 0.5) is 0 Å². The first-order valence-corrected chi connectivity index (χ1v) is 5.71. The lowest BCUT2D eigenvalue weighted by Crippen LogP contribution is -2.16. The van der Waals surface area contributed by atoms with Crippen molar-refractivity contribution in [1.82, 2.24) is 4.57 Å². The molecule has 0 bridgehead atoms. The molecule has 1 aromatic rings. The van der Waals surface area contributed by atoms with Gasteiger partial charge in [0.2, 0.25) is 0 Å². The minimum atomic E-state index is -1.02. The van der Waals surface area contributed by atoms with Gasteiger partial charge in [-0.2, -0.15) is 0 Å². The van der Waals surface area contributed by atoms with Crippen molar-refractivity contribution in [3.8, 4) is 0 Å². The van der Waals surface area contributed by atoms with Crippen molar-refractivity contribution >= 4 is 18.0 Å². The minimum Gasteiger partial charge on any atom is -0.478 e. The van der Waals surface area contributed by atoms with E-state index in [-0.39, 0.29) is 12.5 Å². The number of ether oxygens (including phenoxy) is 1. The number of carbonyl (C=O) groups is 2. The lowest BCUT2D eigenvalue weighted by Gasteiger charge is -2.09. The van der Waals surface area contributed by atoms with Crippen LogP contribution in [0.25, 0.3) is 6.08 Å². The molecule has 18 heavy (non-hydrogen) atoms. The molecule has 0 atom stereocenters. The van der Waals surface area contributed by atoms with E-state index in [1.807, 2.05) is 13.8 Å². The summed E-state index contributed by atoms with van der Waals surface area (Å²) in [5.41, 5.74) is 0.652. The van der Waals surface area contributed by atoms with Crippen LogP contribution in [0.1, 0.15) is 19.5 Å². The molecule has 0 aliphatic carbocycles. The molecule has 0 saturated carbocycles. The number of rotatable bonds is 6. The second-order valence-corrected chi connectivity index (χ2v) is 4.31. The van der Waals surface area contributed by atoms with E-state index in [1.54, 1.807) is 22.9 Å². The van der Waals surface area contributed by atoms with Crippen molar-refractivity contribution in [2.45, 2.75) is 20.4 Å². The van der Waals surface area contributed by atoms with E-state index >= 15 is 0 Å². The molecule has 5 nitrogen and oxygen atoms in total. The van der Waals surface area contributed by atoms with Crippen LogP contribution >= 0.6 is 0 Å². The monoisotopic (exact) mass is 251 g/mol. The number of nitrogens with zero attached hydrogens (tertiary/aromatic N) is 1. The van der Waals surface area contributed by atoms with Crippen LogP contribution < -0.4 is 0 Å². The predicted molar refractivity (Wildman–Crippen MR) is 66.9 cm³/mol. The molecule has 0 unspecified atom stereocenters. The lowest BCUT2D eigenvalue weighted by molar-refractivity contribution is -0.145. The molecule has 0 amide bonds. The summed E-state index contributed by atoms with van der Waals surface area (Å²) < 4.78 is 6.70. The van der Waals surface area contributed by atoms with E-state index < -0.39 is 5.97 Å². The lowest BCUT2D eigenvalue weighted by atomic mass is 10.2. The van der Waals surface area contributed by atoms with Crippen LogP contribution in [0, 0.1) is 5.92 Å². The maximum Gasteiger partial charge on any atom is 0.328 e. The number of carboxylic acid groups (broad SMARTS) is 1. The Morgan fingerprint density at radius 2 is 2.22 bits per heavy atom. The summed E-state index contributed by atoms with van der Waals surface area (Å²) in [6, 6.07) is 3.48. The molecule has 0 aliphatic rings. The van der Waals surface area contributed by atoms with Gasteiger partial charge in [-0.1, -0.05) is 13.8 Å². The van der Waals surface area contributed by atoms with Gasteiger partial charge in [0.15, 0.2) is 0 Å². The Morgan fingerprint density at radius 3 is 2.83 bits per heavy atom. The van der Waals surface area contributed by atoms with Crippen molar-refractivity contribution in [3.63, 3.8) is 0 Å². The minimum absolute atomic E-state index is 0.0824. The maximum absolute atomic E-state index is 11.5. The quantitative estimate of drug-likeness (QED) is 0.618. The van der Waals surface area contributed by atoms with Crippen LogP contribution in [-0.4, -0.2) is 28.2 Å². The topological polar surface area (TPSA) is 68.5 Å². The Bertz CT molecular complexity index is 446. The van der Waals surface area contributed by atoms with Crippen LogP contribution in [0.2, 0.25) is 0 Å². The summed E-state index contributed by atoms with van der Waals surface area (Å²) in [6.45, 7) is 4.40. The van der Waals surface area contributed by atoms with Gasteiger partial charge in [-0.15, -0.1) is 0 Å². The van der Waals surface area contributed by atoms with Crippen LogP contribution in [-0.2, 0) is 20.9 Å². The Kier molecular flexibility index (Phi) is 5.17. The molecule has 1 rings (SSSR count). The number of hydrogen-bond donors (Lipinski definition) is 1. The van der Waals surface area contributed by atoms with Crippen LogP contribution in [0.5, 0.6) is 0 Å². The first-order chi connectivity index (χ1) is 8.49. The van der Waals surface area contributed by atoms with Crippen molar-refractivity contribution < 1.29 is 19.4 Å². The Morgan fingerprint density at radius 1 is 1.50 bits per heavy atom. The van der Waals surface area contributed by atoms with Gasteiger partial charge in [-0.25, -0.2) is 4.79 Å². The third kappa shape index (κ3) is 4.86. The molecule has 0 aliphatic heterocycles. The third-order valence-corrected chi connectivity index (χ3v) is 2.14. The van der Waals surface area contributed by atoms with Crippen LogP contribution in [0.15, 0.2) is 24.4 Å². The molecule has 0 aromatic carbocycles. The summed E-state index contributed by atoms with van der Waals surface area (Å²) in [4.78, 5) is 21.9. The molecular weight excluding hydrogens is 234 g/mol. The van der Waals surface area contributed by atoms with E-state index in [4.69, 9.17) is 9.84 Å². The fourth-order valence-electron chi connectivity index (χ4n) is 1.32. The summed E-state index contributed by atoms with van der Waals surface area (Å²) in [5.74, 6) is -1.06. The fourth-order valence-corrected chi connectivity index (χ4v) is 1.32. The molecule has 1 N–H and O–H groups in total. The highest BCUT2D eigenvalue weighted by Gasteiger charge is 2.07. The Labute approximate surface area is 106 Å². The van der Waals surface area contributed by atoms with E-state index in [9.17, 15) is 9.59 Å². The van der Waals surface area contributed by atoms with Gasteiger partial charge in [-0.05, 0) is 24.1 Å². The second-order valence-electron chi connectivity index (χ2n) is 4.31. The molecule has 1 heterocycles. The van der Waals surface area contributed by atoms with E-state index in [2.05, 4.69) is 0 Å². The largest absolute Gasteiger partial charge is 0.478 e. The first-order valence-electron chi connectivity index (χ1n) is 5.71. The maximum atomic E-state index is 11.5. The molecule has 5 heteroatoms. The standard InChI is InChI=1S/C13H17NO4/c1-10(2)9-18-13(17)8-14-7-3-4-11(14)5-6-12(15)16/h3-7,10H,8-9H2,1-2H3,(H,15,16)/b6-5+. The molecule has 0 saturated heterocycles. The van der Waals surface area contributed by atoms with Gasteiger partial charge in [0, 0.05) is 18.0 Å². The van der Waals surface area contributed by atoms with Gasteiger partial charge in [0.05, 0.1) is 6.61 Å². The van der Waals surface area contributed by atoms with Gasteiger partial charge in [0.25, 0.3) is 0 Å². The normalized spacial score (nSPS) is 11.1. The SMILES string of the molecule is CC(C)COC(=O)Cn1cccc1/C=C/C(=O)O. The predicted octanol–water partition coefficient (Wildman–Crippen LogP) is 1.79. The molecule has 0 spiro atoms. The zero-order chi connectivity index (χ0) is 13.5. The van der Waals surface area contributed by atoms with Crippen molar-refractivity contribution in [2.75, 3.05) is 6.61 Å². The summed E-state index contributed by atoms with van der Waals surface area (Å²) in [6.07, 6.45) is 4.18. The molecule has 98 valence electrons. The molecular formula is C13H17NO4. The molecule has 0 radical (unpaired) electrons. The first kappa shape index (κ1) is 14.0. The van der Waals surface area contributed by atoms with Crippen molar-refractivity contribution in [2.24, 2.45) is 5.92 Å². The van der Waals surface area contributed by atoms with Gasteiger partial charge >= 0.3 is 11.9 Å². The van der Waals surface area contributed by atoms with E-state index in [1.165, 1.54) is 6.08 Å². The number of aromatic nitrogens is 1. The average molecular weight is 251 g/mol. The number of esters is 1. The average Bonchev–Trinajstić information content (AvgIpc) is 2.71. The fraction of sp³-hybridized carbons (Fsp3) is 0.385.